The Morgan fingerprint density at radius 2 is 1.71 bits per heavy atom. The summed E-state index contributed by atoms with van der Waals surface area (Å²) in [7, 11) is 0. The Morgan fingerprint density at radius 1 is 1.04 bits per heavy atom. The van der Waals surface area contributed by atoms with Crippen molar-refractivity contribution in [2.75, 3.05) is 6.61 Å². The van der Waals surface area contributed by atoms with Gasteiger partial charge in [-0.15, -0.1) is 12.6 Å². The van der Waals surface area contributed by atoms with E-state index >= 15 is 0 Å². The van der Waals surface area contributed by atoms with Gasteiger partial charge in [-0.2, -0.15) is 0 Å². The molecule has 0 amide bonds. The molecule has 0 aliphatic heterocycles. The van der Waals surface area contributed by atoms with Crippen LogP contribution in [-0.4, -0.2) is 22.7 Å². The minimum atomic E-state index is -0.459. The van der Waals surface area contributed by atoms with E-state index in [-0.39, 0.29) is 11.7 Å². The van der Waals surface area contributed by atoms with E-state index in [1.54, 1.807) is 6.92 Å². The molecule has 0 saturated heterocycles. The zero-order chi connectivity index (χ0) is 17.7. The van der Waals surface area contributed by atoms with Crippen molar-refractivity contribution in [3.8, 4) is 11.3 Å². The third-order valence-electron chi connectivity index (χ3n) is 3.80. The molecule has 0 aliphatic carbocycles. The Labute approximate surface area is 147 Å². The summed E-state index contributed by atoms with van der Waals surface area (Å²) in [5.74, 6) is -0.459. The first-order chi connectivity index (χ1) is 11.5. The van der Waals surface area contributed by atoms with Crippen LogP contribution in [0.15, 0.2) is 30.3 Å². The average Bonchev–Trinajstić information content (AvgIpc) is 2.60. The molecule has 0 saturated carbocycles. The van der Waals surface area contributed by atoms with Crippen LogP contribution in [0.1, 0.15) is 52.7 Å². The summed E-state index contributed by atoms with van der Waals surface area (Å²) in [6.45, 7) is 5.85. The number of esters is 1. The summed E-state index contributed by atoms with van der Waals surface area (Å²) in [4.78, 5) is 29.3. The van der Waals surface area contributed by atoms with Gasteiger partial charge in [0.25, 0.3) is 0 Å². The molecule has 5 heteroatoms. The summed E-state index contributed by atoms with van der Waals surface area (Å²) in [5.41, 5.74) is 3.47. The molecular weight excluding hydrogens is 322 g/mol. The van der Waals surface area contributed by atoms with Gasteiger partial charge in [0.05, 0.1) is 29.1 Å². The maximum absolute atomic E-state index is 12.6. The maximum atomic E-state index is 12.6. The molecule has 126 valence electrons. The fourth-order valence-electron chi connectivity index (χ4n) is 2.78. The number of aryl methyl sites for hydroxylation is 1. The molecule has 1 aromatic carbocycles. The van der Waals surface area contributed by atoms with Crippen LogP contribution in [0.4, 0.5) is 0 Å². The number of thiol groups is 1. The summed E-state index contributed by atoms with van der Waals surface area (Å²) in [6.07, 6.45) is 1.10. The van der Waals surface area contributed by atoms with Crippen LogP contribution in [0.25, 0.3) is 11.3 Å². The van der Waals surface area contributed by atoms with Gasteiger partial charge in [0, 0.05) is 5.56 Å². The Bertz CT molecular complexity index is 757. The number of pyridine rings is 1. The number of hydrogen-bond acceptors (Lipinski definition) is 4. The Balaban J connectivity index is 2.87. The molecule has 0 aliphatic rings. The third-order valence-corrected chi connectivity index (χ3v) is 4.03. The maximum Gasteiger partial charge on any atom is 0.340 e. The Hall–Kier alpha value is -2.14. The zero-order valence-corrected chi connectivity index (χ0v) is 15.0. The molecule has 0 radical (unpaired) electrons. The van der Waals surface area contributed by atoms with Crippen molar-refractivity contribution in [3.63, 3.8) is 0 Å². The van der Waals surface area contributed by atoms with Crippen molar-refractivity contribution in [1.82, 2.24) is 4.98 Å². The summed E-state index contributed by atoms with van der Waals surface area (Å²) >= 11 is 3.99. The summed E-state index contributed by atoms with van der Waals surface area (Å²) in [5, 5.41) is -0.374. The molecule has 1 aromatic heterocycles. The number of ether oxygens (including phenoxy) is 1. The van der Waals surface area contributed by atoms with E-state index in [1.807, 2.05) is 44.2 Å². The van der Waals surface area contributed by atoms with Crippen molar-refractivity contribution in [1.29, 1.82) is 0 Å². The van der Waals surface area contributed by atoms with Gasteiger partial charge in [-0.25, -0.2) is 4.79 Å². The zero-order valence-electron chi connectivity index (χ0n) is 14.1. The van der Waals surface area contributed by atoms with E-state index in [4.69, 9.17) is 4.74 Å². The molecule has 2 aromatic rings. The lowest BCUT2D eigenvalue weighted by molar-refractivity contribution is 0.0525. The van der Waals surface area contributed by atoms with Crippen molar-refractivity contribution in [2.24, 2.45) is 0 Å². The van der Waals surface area contributed by atoms with Gasteiger partial charge in [0.1, 0.15) is 0 Å². The van der Waals surface area contributed by atoms with E-state index in [0.29, 0.717) is 40.9 Å². The van der Waals surface area contributed by atoms with Crippen LogP contribution in [0, 0.1) is 0 Å². The third kappa shape index (κ3) is 3.51. The van der Waals surface area contributed by atoms with Gasteiger partial charge in [-0.05, 0) is 25.3 Å². The summed E-state index contributed by atoms with van der Waals surface area (Å²) < 4.78 is 5.23. The topological polar surface area (TPSA) is 56.3 Å². The predicted molar refractivity (Wildman–Crippen MR) is 97.7 cm³/mol. The van der Waals surface area contributed by atoms with Crippen molar-refractivity contribution < 1.29 is 14.3 Å². The smallest absolute Gasteiger partial charge is 0.340 e. The molecule has 0 spiro atoms. The first kappa shape index (κ1) is 18.2. The molecule has 0 bridgehead atoms. The van der Waals surface area contributed by atoms with Crippen molar-refractivity contribution in [2.45, 2.75) is 33.6 Å². The molecule has 24 heavy (non-hydrogen) atoms. The van der Waals surface area contributed by atoms with Crippen LogP contribution in [0.3, 0.4) is 0 Å². The predicted octanol–water partition coefficient (Wildman–Crippen LogP) is 4.12. The van der Waals surface area contributed by atoms with E-state index < -0.39 is 5.97 Å². The molecule has 0 fully saturated rings. The average molecular weight is 343 g/mol. The number of nitrogens with zero attached hydrogens (tertiary/aromatic N) is 1. The molecule has 0 unspecified atom stereocenters. The molecule has 4 nitrogen and oxygen atoms in total. The first-order valence-electron chi connectivity index (χ1n) is 8.06. The minimum Gasteiger partial charge on any atom is -0.462 e. The lowest BCUT2D eigenvalue weighted by Gasteiger charge is -2.18. The standard InChI is InChI=1S/C19H21NO3S/c1-4-13-15(19(22)24)14(5-2)20-17(12-10-8-7-9-11-12)16(13)18(21)23-6-3/h7-11H,4-6H2,1-3H3,(H,22,24). The highest BCUT2D eigenvalue weighted by Gasteiger charge is 2.26. The lowest BCUT2D eigenvalue weighted by atomic mass is 9.93. The van der Waals surface area contributed by atoms with Gasteiger partial charge in [0.15, 0.2) is 0 Å². The number of aromatic nitrogens is 1. The van der Waals surface area contributed by atoms with Crippen LogP contribution in [0.5, 0.6) is 0 Å². The number of carbonyl (C=O) groups is 2. The van der Waals surface area contributed by atoms with E-state index in [0.717, 1.165) is 5.56 Å². The van der Waals surface area contributed by atoms with Gasteiger partial charge >= 0.3 is 5.97 Å². The van der Waals surface area contributed by atoms with Crippen molar-refractivity contribution >= 4 is 23.7 Å². The first-order valence-corrected chi connectivity index (χ1v) is 8.51. The number of benzene rings is 1. The minimum absolute atomic E-state index is 0.260. The van der Waals surface area contributed by atoms with Gasteiger partial charge in [-0.1, -0.05) is 44.2 Å². The fraction of sp³-hybridized carbons (Fsp3) is 0.316. The number of rotatable bonds is 6. The Morgan fingerprint density at radius 3 is 2.21 bits per heavy atom. The second-order valence-electron chi connectivity index (χ2n) is 5.23. The van der Waals surface area contributed by atoms with Crippen LogP contribution in [-0.2, 0) is 17.6 Å². The van der Waals surface area contributed by atoms with Crippen molar-refractivity contribution in [3.05, 3.63) is 52.7 Å². The van der Waals surface area contributed by atoms with Crippen LogP contribution >= 0.6 is 12.6 Å². The van der Waals surface area contributed by atoms with Gasteiger partial charge in [0.2, 0.25) is 5.12 Å². The normalized spacial score (nSPS) is 10.5. The second kappa shape index (κ2) is 8.11. The largest absolute Gasteiger partial charge is 0.462 e. The van der Waals surface area contributed by atoms with Gasteiger partial charge < -0.3 is 4.74 Å². The number of hydrogen-bond donors (Lipinski definition) is 1. The highest BCUT2D eigenvalue weighted by atomic mass is 32.1. The monoisotopic (exact) mass is 343 g/mol. The van der Waals surface area contributed by atoms with Gasteiger partial charge in [-0.3, -0.25) is 9.78 Å². The summed E-state index contributed by atoms with van der Waals surface area (Å²) in [6, 6.07) is 9.47. The molecule has 0 atom stereocenters. The van der Waals surface area contributed by atoms with E-state index in [1.165, 1.54) is 0 Å². The van der Waals surface area contributed by atoms with E-state index in [9.17, 15) is 9.59 Å². The Kier molecular flexibility index (Phi) is 6.15. The molecule has 0 N–H and O–H groups in total. The highest BCUT2D eigenvalue weighted by Crippen LogP contribution is 2.31. The molecular formula is C19H21NO3S. The lowest BCUT2D eigenvalue weighted by Crippen LogP contribution is -2.17. The fourth-order valence-corrected chi connectivity index (χ4v) is 3.04. The second-order valence-corrected chi connectivity index (χ2v) is 5.64. The van der Waals surface area contributed by atoms with E-state index in [2.05, 4.69) is 17.6 Å². The SMILES string of the molecule is CCOC(=O)c1c(-c2ccccc2)nc(CC)c(C(=O)S)c1CC. The number of carbonyl (C=O) groups excluding carboxylic acids is 2. The van der Waals surface area contributed by atoms with Crippen LogP contribution in [0.2, 0.25) is 0 Å². The van der Waals surface area contributed by atoms with Crippen LogP contribution < -0.4 is 0 Å². The molecule has 2 rings (SSSR count). The molecule has 1 heterocycles. The highest BCUT2D eigenvalue weighted by molar-refractivity contribution is 7.97. The quantitative estimate of drug-likeness (QED) is 0.633.